The molecular weight excluding hydrogens is 474 g/mol. The minimum absolute atomic E-state index is 0.488. The zero-order valence-corrected chi connectivity index (χ0v) is 21.2. The van der Waals surface area contributed by atoms with Crippen molar-refractivity contribution in [2.75, 3.05) is 18.0 Å². The molecule has 36 heavy (non-hydrogen) atoms. The van der Waals surface area contributed by atoms with E-state index in [0.29, 0.717) is 10.8 Å². The molecule has 1 aliphatic heterocycles. The number of fused-ring (bicyclic) bond motifs is 1. The fourth-order valence-corrected chi connectivity index (χ4v) is 4.81. The Morgan fingerprint density at radius 3 is 2.36 bits per heavy atom. The van der Waals surface area contributed by atoms with Gasteiger partial charge >= 0.3 is 5.76 Å². The van der Waals surface area contributed by atoms with E-state index < -0.39 is 5.76 Å². The molecule has 7 nitrogen and oxygen atoms in total. The molecule has 0 radical (unpaired) electrons. The second kappa shape index (κ2) is 11.1. The van der Waals surface area contributed by atoms with Gasteiger partial charge in [-0.2, -0.15) is 0 Å². The summed E-state index contributed by atoms with van der Waals surface area (Å²) in [5.41, 5.74) is 6.20. The van der Waals surface area contributed by atoms with Crippen LogP contribution in [-0.2, 0) is 12.8 Å². The van der Waals surface area contributed by atoms with Gasteiger partial charge in [0.05, 0.1) is 17.1 Å². The van der Waals surface area contributed by atoms with Crippen molar-refractivity contribution in [1.29, 1.82) is 0 Å². The maximum absolute atomic E-state index is 11.0. The summed E-state index contributed by atoms with van der Waals surface area (Å²) in [5, 5.41) is 4.44. The van der Waals surface area contributed by atoms with E-state index >= 15 is 0 Å². The van der Waals surface area contributed by atoms with E-state index in [0.717, 1.165) is 92.1 Å². The van der Waals surface area contributed by atoms with Crippen LogP contribution in [-0.4, -0.2) is 33.2 Å². The summed E-state index contributed by atoms with van der Waals surface area (Å²) in [5.74, 6) is 1.14. The molecule has 0 spiro atoms. The summed E-state index contributed by atoms with van der Waals surface area (Å²) < 4.78 is 4.56. The third-order valence-corrected chi connectivity index (χ3v) is 6.86. The molecule has 1 aliphatic rings. The Balaban J connectivity index is 1.33. The number of nitrogens with zero attached hydrogens (tertiary/aromatic N) is 4. The average Bonchev–Trinajstić information content (AvgIpc) is 3.31. The molecular formula is C28H30ClN5O2. The van der Waals surface area contributed by atoms with Crippen LogP contribution in [0.5, 0.6) is 0 Å². The number of rotatable bonds is 9. The minimum atomic E-state index is -0.488. The van der Waals surface area contributed by atoms with Crippen LogP contribution in [0.2, 0.25) is 5.02 Å². The highest BCUT2D eigenvalue weighted by molar-refractivity contribution is 6.30. The number of H-pyrrole nitrogens is 1. The number of aromatic nitrogens is 4. The monoisotopic (exact) mass is 503 g/mol. The maximum Gasteiger partial charge on any atom is 0.438 e. The number of aromatic amines is 1. The molecule has 2 aromatic heterocycles. The fourth-order valence-electron chi connectivity index (χ4n) is 4.68. The lowest BCUT2D eigenvalue weighted by molar-refractivity contribution is 0.380. The van der Waals surface area contributed by atoms with Crippen molar-refractivity contribution in [2.24, 2.45) is 0 Å². The Kier molecular flexibility index (Phi) is 7.47. The van der Waals surface area contributed by atoms with Crippen LogP contribution >= 0.6 is 11.6 Å². The van der Waals surface area contributed by atoms with Crippen LogP contribution < -0.4 is 10.7 Å². The fraction of sp³-hybridized carbons (Fsp3) is 0.357. The van der Waals surface area contributed by atoms with E-state index in [4.69, 9.17) is 21.6 Å². The molecule has 0 atom stereocenters. The second-order valence-electron chi connectivity index (χ2n) is 9.36. The molecule has 2 aromatic carbocycles. The van der Waals surface area contributed by atoms with Gasteiger partial charge in [-0.25, -0.2) is 14.8 Å². The molecule has 186 valence electrons. The predicted molar refractivity (Wildman–Crippen MR) is 142 cm³/mol. The van der Waals surface area contributed by atoms with Crippen molar-refractivity contribution >= 4 is 17.4 Å². The number of aryl methyl sites for hydroxylation is 3. The summed E-state index contributed by atoms with van der Waals surface area (Å²) in [7, 11) is 0. The summed E-state index contributed by atoms with van der Waals surface area (Å²) >= 11 is 6.17. The predicted octanol–water partition coefficient (Wildman–Crippen LogP) is 6.00. The van der Waals surface area contributed by atoms with Crippen LogP contribution in [0.3, 0.4) is 0 Å². The van der Waals surface area contributed by atoms with Crippen molar-refractivity contribution < 1.29 is 4.52 Å². The molecule has 3 heterocycles. The van der Waals surface area contributed by atoms with Crippen molar-refractivity contribution in [3.63, 3.8) is 0 Å². The summed E-state index contributed by atoms with van der Waals surface area (Å²) in [6.07, 6.45) is 6.97. The zero-order valence-electron chi connectivity index (χ0n) is 20.5. The van der Waals surface area contributed by atoms with Crippen molar-refractivity contribution in [3.05, 3.63) is 81.2 Å². The van der Waals surface area contributed by atoms with Crippen LogP contribution in [0.1, 0.15) is 49.2 Å². The van der Waals surface area contributed by atoms with Crippen molar-refractivity contribution in [2.45, 2.75) is 51.9 Å². The van der Waals surface area contributed by atoms with Gasteiger partial charge in [0.25, 0.3) is 0 Å². The standard InChI is InChI=1S/C28H30ClN5O2/c1-19-9-11-20(12-10-19)25-26(21-13-15-22(29)16-14-21)32-27-23(30-25)7-6-18-34(27)17-5-3-2-4-8-24-31-28(35)36-33-24/h9-16H,2-8,17-18H2,1H3,(H,31,33,35). The van der Waals surface area contributed by atoms with E-state index in [9.17, 15) is 4.79 Å². The highest BCUT2D eigenvalue weighted by Gasteiger charge is 2.23. The lowest BCUT2D eigenvalue weighted by atomic mass is 10.0. The normalized spacial score (nSPS) is 13.1. The summed E-state index contributed by atoms with van der Waals surface area (Å²) in [6, 6.07) is 16.3. The summed E-state index contributed by atoms with van der Waals surface area (Å²) in [4.78, 5) is 26.4. The first kappa shape index (κ1) is 24.3. The zero-order chi connectivity index (χ0) is 24.9. The maximum atomic E-state index is 11.0. The highest BCUT2D eigenvalue weighted by Crippen LogP contribution is 2.35. The molecule has 0 unspecified atom stereocenters. The number of nitrogens with one attached hydrogen (secondary N) is 1. The van der Waals surface area contributed by atoms with Crippen LogP contribution in [0.15, 0.2) is 57.8 Å². The number of hydrogen-bond acceptors (Lipinski definition) is 6. The largest absolute Gasteiger partial charge is 0.438 e. The Morgan fingerprint density at radius 1 is 0.944 bits per heavy atom. The second-order valence-corrected chi connectivity index (χ2v) is 9.80. The van der Waals surface area contributed by atoms with E-state index in [1.807, 2.05) is 24.3 Å². The van der Waals surface area contributed by atoms with Crippen LogP contribution in [0.4, 0.5) is 5.82 Å². The number of benzene rings is 2. The van der Waals surface area contributed by atoms with Gasteiger partial charge in [-0.3, -0.25) is 9.51 Å². The first-order valence-electron chi connectivity index (χ1n) is 12.6. The lowest BCUT2D eigenvalue weighted by Crippen LogP contribution is -2.32. The third kappa shape index (κ3) is 5.68. The molecule has 1 N–H and O–H groups in total. The van der Waals surface area contributed by atoms with Gasteiger partial charge in [-0.05, 0) is 44.7 Å². The first-order chi connectivity index (χ1) is 17.6. The van der Waals surface area contributed by atoms with Crippen LogP contribution in [0, 0.1) is 6.92 Å². The lowest BCUT2D eigenvalue weighted by Gasteiger charge is -2.30. The number of anilines is 1. The Hall–Kier alpha value is -3.45. The molecule has 0 amide bonds. The first-order valence-corrected chi connectivity index (χ1v) is 13.0. The van der Waals surface area contributed by atoms with Crippen LogP contribution in [0.25, 0.3) is 22.5 Å². The highest BCUT2D eigenvalue weighted by atomic mass is 35.5. The summed E-state index contributed by atoms with van der Waals surface area (Å²) in [6.45, 7) is 4.04. The number of hydrogen-bond donors (Lipinski definition) is 1. The van der Waals surface area contributed by atoms with Crippen molar-refractivity contribution in [1.82, 2.24) is 20.1 Å². The number of halogens is 1. The Labute approximate surface area is 215 Å². The smallest absolute Gasteiger partial charge is 0.355 e. The molecule has 5 rings (SSSR count). The van der Waals surface area contributed by atoms with Gasteiger partial charge < -0.3 is 4.90 Å². The molecule has 0 saturated carbocycles. The molecule has 8 heteroatoms. The molecule has 0 aliphatic carbocycles. The SMILES string of the molecule is Cc1ccc(-c2nc3c(nc2-c2ccc(Cl)cc2)N(CCCCCCc2noc(=O)[nH]2)CCC3)cc1. The Morgan fingerprint density at radius 2 is 1.64 bits per heavy atom. The van der Waals surface area contributed by atoms with E-state index in [1.165, 1.54) is 5.56 Å². The Bertz CT molecular complexity index is 1360. The molecule has 0 saturated heterocycles. The van der Waals surface area contributed by atoms with E-state index in [2.05, 4.69) is 50.8 Å². The van der Waals surface area contributed by atoms with Crippen molar-refractivity contribution in [3.8, 4) is 22.5 Å². The number of unbranched alkanes of at least 4 members (excludes halogenated alkanes) is 3. The van der Waals surface area contributed by atoms with Gasteiger partial charge in [-0.15, -0.1) is 0 Å². The van der Waals surface area contributed by atoms with Gasteiger partial charge in [-0.1, -0.05) is 71.6 Å². The minimum Gasteiger partial charge on any atom is -0.355 e. The average molecular weight is 504 g/mol. The molecule has 0 fully saturated rings. The van der Waals surface area contributed by atoms with Gasteiger partial charge in [0.15, 0.2) is 11.6 Å². The van der Waals surface area contributed by atoms with Gasteiger partial charge in [0, 0.05) is 35.7 Å². The van der Waals surface area contributed by atoms with Gasteiger partial charge in [0.2, 0.25) is 0 Å². The molecule has 4 aromatic rings. The third-order valence-electron chi connectivity index (χ3n) is 6.61. The van der Waals surface area contributed by atoms with E-state index in [1.54, 1.807) is 0 Å². The quantitative estimate of drug-likeness (QED) is 0.282. The molecule has 0 bridgehead atoms. The van der Waals surface area contributed by atoms with Gasteiger partial charge in [0.1, 0.15) is 0 Å². The van der Waals surface area contributed by atoms with E-state index in [-0.39, 0.29) is 0 Å². The topological polar surface area (TPSA) is 87.9 Å².